The van der Waals surface area contributed by atoms with Gasteiger partial charge in [-0.05, 0) is 88.5 Å². The van der Waals surface area contributed by atoms with Gasteiger partial charge in [0, 0.05) is 19.8 Å². The summed E-state index contributed by atoms with van der Waals surface area (Å²) in [6.45, 7) is -0.0386. The van der Waals surface area contributed by atoms with E-state index in [9.17, 15) is 14.4 Å². The maximum absolute atomic E-state index is 12.9. The van der Waals surface area contributed by atoms with Gasteiger partial charge in [-0.3, -0.25) is 19.3 Å². The van der Waals surface area contributed by atoms with E-state index in [-0.39, 0.29) is 35.1 Å². The van der Waals surface area contributed by atoms with Gasteiger partial charge in [-0.1, -0.05) is 41.9 Å². The monoisotopic (exact) mass is 604 g/mol. The quantitative estimate of drug-likeness (QED) is 0.257. The van der Waals surface area contributed by atoms with Gasteiger partial charge in [-0.2, -0.15) is 0 Å². The number of imide groups is 1. The van der Waals surface area contributed by atoms with E-state index in [2.05, 4.69) is 27.9 Å². The standard InChI is InChI=1S/C25H18ClIN2O4S/c26-18-8-11-21(33-15-23(30)28-20-4-2-1-3-5-20)17(12-18)13-22-24(31)29(25(32)34-22)14-16-6-9-19(27)10-7-16/h1-13H,14-15H2,(H,28,30)/b22-13-. The number of halogens is 2. The molecule has 0 atom stereocenters. The third kappa shape index (κ3) is 6.19. The van der Waals surface area contributed by atoms with Crippen LogP contribution in [0.4, 0.5) is 10.5 Å². The Morgan fingerprint density at radius 1 is 1.06 bits per heavy atom. The van der Waals surface area contributed by atoms with Crippen LogP contribution in [-0.4, -0.2) is 28.6 Å². The molecule has 0 aliphatic carbocycles. The lowest BCUT2D eigenvalue weighted by Crippen LogP contribution is -2.27. The van der Waals surface area contributed by atoms with Gasteiger partial charge in [0.2, 0.25) is 0 Å². The van der Waals surface area contributed by atoms with Gasteiger partial charge in [0.25, 0.3) is 17.1 Å². The minimum absolute atomic E-state index is 0.192. The molecular formula is C25H18ClIN2O4S. The van der Waals surface area contributed by atoms with Crippen LogP contribution >= 0.6 is 46.0 Å². The largest absolute Gasteiger partial charge is 0.483 e. The van der Waals surface area contributed by atoms with Crippen LogP contribution in [0.15, 0.2) is 77.7 Å². The maximum Gasteiger partial charge on any atom is 0.293 e. The number of hydrogen-bond acceptors (Lipinski definition) is 5. The zero-order chi connectivity index (χ0) is 24.1. The first-order chi connectivity index (χ1) is 16.4. The predicted octanol–water partition coefficient (Wildman–Crippen LogP) is 6.20. The fourth-order valence-electron chi connectivity index (χ4n) is 3.18. The number of carbonyl (C=O) groups is 3. The molecule has 34 heavy (non-hydrogen) atoms. The van der Waals surface area contributed by atoms with Crippen molar-refractivity contribution in [3.63, 3.8) is 0 Å². The number of ether oxygens (including phenoxy) is 1. The molecule has 3 aromatic rings. The van der Waals surface area contributed by atoms with E-state index in [1.54, 1.807) is 36.4 Å². The molecule has 1 aliphatic rings. The summed E-state index contributed by atoms with van der Waals surface area (Å²) in [5.74, 6) is -0.344. The average molecular weight is 605 g/mol. The lowest BCUT2D eigenvalue weighted by Gasteiger charge is -2.12. The summed E-state index contributed by atoms with van der Waals surface area (Å²) in [6, 6.07) is 21.5. The maximum atomic E-state index is 12.9. The summed E-state index contributed by atoms with van der Waals surface area (Å²) in [7, 11) is 0. The Morgan fingerprint density at radius 2 is 1.79 bits per heavy atom. The fraction of sp³-hybridized carbons (Fsp3) is 0.0800. The molecule has 1 saturated heterocycles. The summed E-state index contributed by atoms with van der Waals surface area (Å²) in [6.07, 6.45) is 1.56. The Balaban J connectivity index is 1.48. The second-order valence-electron chi connectivity index (χ2n) is 7.28. The fourth-order valence-corrected chi connectivity index (χ4v) is 4.54. The highest BCUT2D eigenvalue weighted by atomic mass is 127. The molecule has 0 spiro atoms. The van der Waals surface area contributed by atoms with E-state index < -0.39 is 0 Å². The molecule has 0 aromatic heterocycles. The summed E-state index contributed by atoms with van der Waals surface area (Å²) < 4.78 is 6.77. The van der Waals surface area contributed by atoms with Gasteiger partial charge in [0.05, 0.1) is 11.4 Å². The van der Waals surface area contributed by atoms with E-state index >= 15 is 0 Å². The minimum atomic E-state index is -0.388. The molecule has 0 radical (unpaired) electrons. The Labute approximate surface area is 219 Å². The molecule has 0 saturated carbocycles. The van der Waals surface area contributed by atoms with Crippen molar-refractivity contribution in [3.8, 4) is 5.75 Å². The summed E-state index contributed by atoms with van der Waals surface area (Å²) >= 11 is 9.21. The van der Waals surface area contributed by atoms with Crippen molar-refractivity contribution in [1.29, 1.82) is 0 Å². The minimum Gasteiger partial charge on any atom is -0.483 e. The zero-order valence-corrected chi connectivity index (χ0v) is 21.4. The number of carbonyl (C=O) groups excluding carboxylic acids is 3. The second-order valence-corrected chi connectivity index (χ2v) is 9.95. The van der Waals surface area contributed by atoms with Gasteiger partial charge in [0.1, 0.15) is 5.75 Å². The van der Waals surface area contributed by atoms with Crippen LogP contribution in [0.5, 0.6) is 5.75 Å². The second kappa shape index (κ2) is 11.1. The molecule has 3 aromatic carbocycles. The molecule has 6 nitrogen and oxygen atoms in total. The van der Waals surface area contributed by atoms with Gasteiger partial charge in [-0.25, -0.2) is 0 Å². The molecule has 1 aliphatic heterocycles. The summed E-state index contributed by atoms with van der Waals surface area (Å²) in [5, 5.41) is 2.84. The SMILES string of the molecule is O=C(COc1ccc(Cl)cc1/C=C1\SC(=O)N(Cc2ccc(I)cc2)C1=O)Nc1ccccc1. The van der Waals surface area contributed by atoms with Crippen LogP contribution in [0.2, 0.25) is 5.02 Å². The van der Waals surface area contributed by atoms with Crippen molar-refractivity contribution in [1.82, 2.24) is 4.90 Å². The first kappa shape index (κ1) is 24.3. The third-order valence-corrected chi connectivity index (χ3v) is 6.66. The molecule has 1 fully saturated rings. The summed E-state index contributed by atoms with van der Waals surface area (Å²) in [4.78, 5) is 39.2. The number of nitrogens with zero attached hydrogens (tertiary/aromatic N) is 1. The van der Waals surface area contributed by atoms with Gasteiger partial charge in [-0.15, -0.1) is 0 Å². The molecule has 1 N–H and O–H groups in total. The highest BCUT2D eigenvalue weighted by Gasteiger charge is 2.35. The van der Waals surface area contributed by atoms with Crippen molar-refractivity contribution in [2.45, 2.75) is 6.54 Å². The van der Waals surface area contributed by atoms with Crippen molar-refractivity contribution in [2.75, 3.05) is 11.9 Å². The predicted molar refractivity (Wildman–Crippen MR) is 143 cm³/mol. The lowest BCUT2D eigenvalue weighted by molar-refractivity contribution is -0.123. The smallest absolute Gasteiger partial charge is 0.293 e. The number of hydrogen-bond donors (Lipinski definition) is 1. The molecule has 9 heteroatoms. The van der Waals surface area contributed by atoms with E-state index in [0.29, 0.717) is 22.0 Å². The topological polar surface area (TPSA) is 75.7 Å². The van der Waals surface area contributed by atoms with Crippen LogP contribution in [0.3, 0.4) is 0 Å². The molecule has 0 bridgehead atoms. The Bertz CT molecular complexity index is 1270. The molecule has 3 amide bonds. The Hall–Kier alpha value is -2.82. The number of nitrogens with one attached hydrogen (secondary N) is 1. The van der Waals surface area contributed by atoms with Gasteiger partial charge in [0.15, 0.2) is 6.61 Å². The van der Waals surface area contributed by atoms with Crippen molar-refractivity contribution in [3.05, 3.63) is 97.4 Å². The molecule has 0 unspecified atom stereocenters. The van der Waals surface area contributed by atoms with Crippen LogP contribution in [0.25, 0.3) is 6.08 Å². The van der Waals surface area contributed by atoms with E-state index in [1.165, 1.54) is 4.90 Å². The number of thioether (sulfide) groups is 1. The molecular weight excluding hydrogens is 587 g/mol. The van der Waals surface area contributed by atoms with Crippen LogP contribution in [0, 0.1) is 3.57 Å². The van der Waals surface area contributed by atoms with E-state index in [1.807, 2.05) is 42.5 Å². The van der Waals surface area contributed by atoms with Crippen molar-refractivity contribution >= 4 is 74.8 Å². The first-order valence-corrected chi connectivity index (χ1v) is 12.4. The average Bonchev–Trinajstić information content (AvgIpc) is 3.08. The van der Waals surface area contributed by atoms with Gasteiger partial charge >= 0.3 is 0 Å². The number of amides is 3. The van der Waals surface area contributed by atoms with Crippen molar-refractivity contribution < 1.29 is 19.1 Å². The third-order valence-electron chi connectivity index (χ3n) is 4.80. The highest BCUT2D eigenvalue weighted by molar-refractivity contribution is 14.1. The highest BCUT2D eigenvalue weighted by Crippen LogP contribution is 2.35. The van der Waals surface area contributed by atoms with Crippen molar-refractivity contribution in [2.24, 2.45) is 0 Å². The summed E-state index contributed by atoms with van der Waals surface area (Å²) in [5.41, 5.74) is 2.02. The van der Waals surface area contributed by atoms with Crippen LogP contribution < -0.4 is 10.1 Å². The number of benzene rings is 3. The molecule has 172 valence electrons. The lowest BCUT2D eigenvalue weighted by atomic mass is 10.1. The number of para-hydroxylation sites is 1. The van der Waals surface area contributed by atoms with Crippen LogP contribution in [0.1, 0.15) is 11.1 Å². The van der Waals surface area contributed by atoms with Gasteiger partial charge < -0.3 is 10.1 Å². The zero-order valence-electron chi connectivity index (χ0n) is 17.7. The molecule has 4 rings (SSSR count). The van der Waals surface area contributed by atoms with Crippen LogP contribution in [-0.2, 0) is 16.1 Å². The Morgan fingerprint density at radius 3 is 2.53 bits per heavy atom. The molecule has 1 heterocycles. The van der Waals surface area contributed by atoms with E-state index in [4.69, 9.17) is 16.3 Å². The first-order valence-electron chi connectivity index (χ1n) is 10.2. The number of anilines is 1. The normalized spacial score (nSPS) is 14.5. The van der Waals surface area contributed by atoms with E-state index in [0.717, 1.165) is 20.9 Å². The Kier molecular flexibility index (Phi) is 7.91. The number of rotatable bonds is 7.